The highest BCUT2D eigenvalue weighted by Crippen LogP contribution is 2.31. The third-order valence-electron chi connectivity index (χ3n) is 5.93. The number of nitrogens with zero attached hydrogens (tertiary/aromatic N) is 3. The molecular weight excluding hydrogens is 468 g/mol. The Labute approximate surface area is 203 Å². The largest absolute Gasteiger partial charge is 0.491 e. The Balaban J connectivity index is 1.89. The zero-order valence-corrected chi connectivity index (χ0v) is 21.1. The molecule has 10 heteroatoms. The molecule has 0 saturated carbocycles. The molecule has 0 aliphatic rings. The number of imidazole rings is 1. The van der Waals surface area contributed by atoms with E-state index in [1.54, 1.807) is 18.3 Å². The molecule has 0 amide bonds. The molecule has 0 aliphatic heterocycles. The van der Waals surface area contributed by atoms with E-state index in [-0.39, 0.29) is 11.6 Å². The number of methoxy groups -OCH3 is 1. The van der Waals surface area contributed by atoms with Gasteiger partial charge in [0.25, 0.3) is 5.88 Å². The lowest BCUT2D eigenvalue weighted by atomic mass is 9.98. The maximum atomic E-state index is 13.1. The van der Waals surface area contributed by atoms with Crippen LogP contribution >= 0.6 is 0 Å². The molecule has 3 aromatic heterocycles. The van der Waals surface area contributed by atoms with E-state index in [9.17, 15) is 13.2 Å². The first-order valence-electron chi connectivity index (χ1n) is 11.1. The molecule has 0 bridgehead atoms. The molecule has 4 aromatic rings. The van der Waals surface area contributed by atoms with E-state index in [1.807, 2.05) is 45.0 Å². The number of benzene rings is 1. The number of fused-ring (bicyclic) bond motifs is 1. The molecule has 1 aromatic carbocycles. The van der Waals surface area contributed by atoms with Crippen molar-refractivity contribution in [1.29, 1.82) is 0 Å². The van der Waals surface area contributed by atoms with E-state index in [2.05, 4.69) is 15.0 Å². The number of aromatic nitrogens is 4. The maximum Gasteiger partial charge on any atom is 0.328 e. The molecule has 4 rings (SSSR count). The summed E-state index contributed by atoms with van der Waals surface area (Å²) in [6, 6.07) is 10.2. The van der Waals surface area contributed by atoms with Crippen LogP contribution in [0.25, 0.3) is 22.3 Å². The first-order chi connectivity index (χ1) is 16.6. The zero-order chi connectivity index (χ0) is 25.3. The van der Waals surface area contributed by atoms with Crippen LogP contribution in [0.3, 0.4) is 0 Å². The van der Waals surface area contributed by atoms with Gasteiger partial charge in [-0.1, -0.05) is 18.2 Å². The Hall–Kier alpha value is -3.66. The number of pyridine rings is 2. The lowest BCUT2D eigenvalue weighted by molar-refractivity contribution is 0.296. The molecule has 0 unspecified atom stereocenters. The van der Waals surface area contributed by atoms with Gasteiger partial charge in [0.2, 0.25) is 0 Å². The molecule has 1 atom stereocenters. The van der Waals surface area contributed by atoms with E-state index in [0.29, 0.717) is 29.2 Å². The predicted molar refractivity (Wildman–Crippen MR) is 135 cm³/mol. The van der Waals surface area contributed by atoms with Crippen molar-refractivity contribution < 1.29 is 17.9 Å². The number of hydrogen-bond acceptors (Lipinski definition) is 7. The van der Waals surface area contributed by atoms with Gasteiger partial charge in [-0.3, -0.25) is 4.57 Å². The van der Waals surface area contributed by atoms with Crippen LogP contribution in [0.4, 0.5) is 0 Å². The molecule has 0 saturated heterocycles. The monoisotopic (exact) mass is 496 g/mol. The molecule has 9 nitrogen and oxygen atoms in total. The molecule has 0 spiro atoms. The molecule has 0 fully saturated rings. The Kier molecular flexibility index (Phi) is 6.66. The minimum absolute atomic E-state index is 0.226. The number of aryl methyl sites for hydroxylation is 1. The Bertz CT molecular complexity index is 1560. The molecule has 184 valence electrons. The van der Waals surface area contributed by atoms with Crippen molar-refractivity contribution in [3.63, 3.8) is 0 Å². The maximum absolute atomic E-state index is 13.1. The third-order valence-corrected chi connectivity index (χ3v) is 6.85. The normalized spacial score (nSPS) is 12.6. The average molecular weight is 497 g/mol. The summed E-state index contributed by atoms with van der Waals surface area (Å²) < 4.78 is 37.0. The lowest BCUT2D eigenvalue weighted by Gasteiger charge is -2.19. The number of aromatic amines is 1. The highest BCUT2D eigenvalue weighted by Gasteiger charge is 2.27. The Morgan fingerprint density at radius 2 is 1.94 bits per heavy atom. The van der Waals surface area contributed by atoms with E-state index in [1.165, 1.54) is 11.7 Å². The van der Waals surface area contributed by atoms with Gasteiger partial charge >= 0.3 is 5.69 Å². The van der Waals surface area contributed by atoms with Gasteiger partial charge in [0.05, 0.1) is 36.7 Å². The summed E-state index contributed by atoms with van der Waals surface area (Å²) in [7, 11) is -2.00. The van der Waals surface area contributed by atoms with Crippen molar-refractivity contribution in [3.8, 4) is 22.8 Å². The zero-order valence-electron chi connectivity index (χ0n) is 20.3. The van der Waals surface area contributed by atoms with Gasteiger partial charge in [0, 0.05) is 18.0 Å². The highest BCUT2D eigenvalue weighted by molar-refractivity contribution is 7.90. The van der Waals surface area contributed by atoms with Gasteiger partial charge < -0.3 is 14.5 Å². The third kappa shape index (κ3) is 4.93. The van der Waals surface area contributed by atoms with Crippen molar-refractivity contribution in [2.75, 3.05) is 25.7 Å². The number of nitrogens with one attached hydrogen (secondary N) is 1. The summed E-state index contributed by atoms with van der Waals surface area (Å²) in [6.45, 7) is 6.23. The summed E-state index contributed by atoms with van der Waals surface area (Å²) >= 11 is 0. The van der Waals surface area contributed by atoms with Gasteiger partial charge in [0.15, 0.2) is 11.4 Å². The van der Waals surface area contributed by atoms with Crippen LogP contribution in [0.1, 0.15) is 29.8 Å². The Morgan fingerprint density at radius 1 is 1.17 bits per heavy atom. The van der Waals surface area contributed by atoms with Gasteiger partial charge in [-0.2, -0.15) is 0 Å². The van der Waals surface area contributed by atoms with Crippen LogP contribution in [0, 0.1) is 13.8 Å². The van der Waals surface area contributed by atoms with Gasteiger partial charge in [-0.05, 0) is 55.7 Å². The molecule has 1 N–H and O–H groups in total. The van der Waals surface area contributed by atoms with Crippen molar-refractivity contribution in [2.24, 2.45) is 0 Å². The molecule has 35 heavy (non-hydrogen) atoms. The summed E-state index contributed by atoms with van der Waals surface area (Å²) in [5.41, 5.74) is 4.86. The van der Waals surface area contributed by atoms with E-state index >= 15 is 0 Å². The second-order valence-corrected chi connectivity index (χ2v) is 10.6. The predicted octanol–water partition coefficient (Wildman–Crippen LogP) is 3.44. The van der Waals surface area contributed by atoms with Crippen LogP contribution in [0.5, 0.6) is 11.6 Å². The van der Waals surface area contributed by atoms with E-state index < -0.39 is 21.6 Å². The number of sulfone groups is 1. The van der Waals surface area contributed by atoms with Crippen LogP contribution in [-0.2, 0) is 9.84 Å². The SMILES string of the molecule is CCOc1nc([C@@H](CS(C)(=O)=O)n2c(=O)[nH]c3cc(-c4cccc(C)c4C)cnc32)ccc1OC. The second-order valence-electron chi connectivity index (χ2n) is 8.43. The number of hydrogen-bond donors (Lipinski definition) is 1. The first-order valence-corrected chi connectivity index (χ1v) is 13.2. The topological polar surface area (TPSA) is 116 Å². The molecular formula is C25H28N4O5S. The van der Waals surface area contributed by atoms with Crippen molar-refractivity contribution in [3.05, 3.63) is 69.9 Å². The molecule has 0 radical (unpaired) electrons. The van der Waals surface area contributed by atoms with Crippen LogP contribution in [0.2, 0.25) is 0 Å². The fraction of sp³-hybridized carbons (Fsp3) is 0.320. The van der Waals surface area contributed by atoms with Crippen molar-refractivity contribution in [1.82, 2.24) is 19.5 Å². The summed E-state index contributed by atoms with van der Waals surface area (Å²) in [5.74, 6) is 0.297. The minimum atomic E-state index is -3.50. The summed E-state index contributed by atoms with van der Waals surface area (Å²) in [5, 5.41) is 0. The standard InChI is InChI=1S/C25H28N4O5S/c1-6-34-24-22(33-4)11-10-19(27-24)21(14-35(5,31)32)29-23-20(28-25(29)30)12-17(13-26-23)18-9-7-8-15(2)16(18)3/h7-13,21H,6,14H2,1-5H3,(H,28,30)/t21-/m1/s1. The van der Waals surface area contributed by atoms with Gasteiger partial charge in [-0.25, -0.2) is 23.2 Å². The molecule has 0 aliphatic carbocycles. The Morgan fingerprint density at radius 3 is 2.63 bits per heavy atom. The van der Waals surface area contributed by atoms with Gasteiger partial charge in [0.1, 0.15) is 9.84 Å². The minimum Gasteiger partial charge on any atom is -0.491 e. The quantitative estimate of drug-likeness (QED) is 0.397. The van der Waals surface area contributed by atoms with E-state index in [0.717, 1.165) is 28.5 Å². The number of rotatable bonds is 8. The first kappa shape index (κ1) is 24.5. The highest BCUT2D eigenvalue weighted by atomic mass is 32.2. The van der Waals surface area contributed by atoms with Gasteiger partial charge in [-0.15, -0.1) is 0 Å². The van der Waals surface area contributed by atoms with E-state index in [4.69, 9.17) is 9.47 Å². The smallest absolute Gasteiger partial charge is 0.328 e. The van der Waals surface area contributed by atoms with Crippen LogP contribution in [0.15, 0.2) is 47.4 Å². The second kappa shape index (κ2) is 9.53. The summed E-state index contributed by atoms with van der Waals surface area (Å²) in [6.07, 6.45) is 2.82. The van der Waals surface area contributed by atoms with Crippen LogP contribution < -0.4 is 15.2 Å². The number of H-pyrrole nitrogens is 1. The fourth-order valence-corrected chi connectivity index (χ4v) is 5.01. The average Bonchev–Trinajstić information content (AvgIpc) is 3.13. The molecule has 3 heterocycles. The van der Waals surface area contributed by atoms with Crippen LogP contribution in [-0.4, -0.2) is 53.7 Å². The lowest BCUT2D eigenvalue weighted by Crippen LogP contribution is -2.29. The fourth-order valence-electron chi connectivity index (χ4n) is 4.12. The number of ether oxygens (including phenoxy) is 2. The summed E-state index contributed by atoms with van der Waals surface area (Å²) in [4.78, 5) is 25.0. The van der Waals surface area contributed by atoms with Crippen molar-refractivity contribution >= 4 is 21.0 Å². The van der Waals surface area contributed by atoms with Crippen molar-refractivity contribution in [2.45, 2.75) is 26.8 Å².